The molecule has 0 spiro atoms. The molecule has 0 radical (unpaired) electrons. The third-order valence-corrected chi connectivity index (χ3v) is 32.7. The number of nitrogens with two attached hydrogens (primary N) is 4. The zero-order valence-electron chi connectivity index (χ0n) is 70.4. The van der Waals surface area contributed by atoms with Gasteiger partial charge in [0.05, 0.1) is 0 Å². The molecule has 0 aliphatic rings. The Balaban J connectivity index is 0.000000160. The van der Waals surface area contributed by atoms with Crippen LogP contribution < -0.4 is 111 Å². The summed E-state index contributed by atoms with van der Waals surface area (Å²) in [4.78, 5) is 0. The summed E-state index contributed by atoms with van der Waals surface area (Å²) in [7, 11) is -3.41. The molecule has 128 heavy (non-hydrogen) atoms. The Morgan fingerprint density at radius 2 is 0.266 bits per heavy atom. The van der Waals surface area contributed by atoms with Crippen LogP contribution >= 0.6 is 31.7 Å². The van der Waals surface area contributed by atoms with Gasteiger partial charge in [0, 0.05) is 24.2 Å². The van der Waals surface area contributed by atoms with E-state index in [2.05, 4.69) is 388 Å². The van der Waals surface area contributed by atoms with Crippen LogP contribution in [0.5, 0.6) is 0 Å². The third kappa shape index (κ3) is 21.9. The van der Waals surface area contributed by atoms with Crippen LogP contribution in [0.3, 0.4) is 0 Å². The van der Waals surface area contributed by atoms with Gasteiger partial charge in [-0.15, -0.1) is 0 Å². The molecule has 628 valence electrons. The molecule has 4 nitrogen and oxygen atoms in total. The molecule has 20 rings (SSSR count). The summed E-state index contributed by atoms with van der Waals surface area (Å²) in [6.45, 7) is 0. The van der Waals surface area contributed by atoms with E-state index < -0.39 is 31.7 Å². The fourth-order valence-corrected chi connectivity index (χ4v) is 26.6. The van der Waals surface area contributed by atoms with Gasteiger partial charge in [-0.1, -0.05) is 510 Å². The van der Waals surface area contributed by atoms with Gasteiger partial charge in [0.15, 0.2) is 0 Å². The summed E-state index contributed by atoms with van der Waals surface area (Å²) in [6.07, 6.45) is 0. The van der Waals surface area contributed by atoms with Gasteiger partial charge in [0.2, 0.25) is 0 Å². The fraction of sp³-hybridized carbons (Fsp3) is 0.0345. The molecule has 0 heterocycles. The second-order valence-corrected chi connectivity index (χ2v) is 39.2. The summed E-state index contributed by atoms with van der Waals surface area (Å²) < 4.78 is 0. The van der Waals surface area contributed by atoms with Crippen molar-refractivity contribution in [1.82, 2.24) is 0 Å². The topological polar surface area (TPSA) is 104 Å². The molecule has 0 unspecified atom stereocenters. The van der Waals surface area contributed by atoms with Gasteiger partial charge in [-0.2, -0.15) is 0 Å². The number of rotatable bonds is 20. The average Bonchev–Trinajstić information content (AvgIpc) is 0.735. The maximum Gasteiger partial charge on any atom is 2.00 e. The minimum atomic E-state index is -0.852. The fourth-order valence-electron chi connectivity index (χ4n) is 16.7. The van der Waals surface area contributed by atoms with E-state index in [-0.39, 0.29) is 87.9 Å². The summed E-state index contributed by atoms with van der Waals surface area (Å²) in [6, 6.07) is 183. The molecule has 0 aliphatic heterocycles. The first kappa shape index (κ1) is 94.4. The molecule has 0 saturated heterocycles. The Morgan fingerprint density at radius 3 is 0.414 bits per heavy atom. The van der Waals surface area contributed by atoms with Crippen LogP contribution in [0.25, 0.3) is 65.3 Å². The number of benzene rings is 20. The van der Waals surface area contributed by atoms with Crippen molar-refractivity contribution in [2.45, 2.75) is 24.2 Å². The number of fused-ring (bicyclic) bond motifs is 4. The summed E-state index contributed by atoms with van der Waals surface area (Å²) in [5, 5.41) is 26.7. The number of hydrogen-bond donors (Lipinski definition) is 4. The Morgan fingerprint density at radius 1 is 0.141 bits per heavy atom. The Kier molecular flexibility index (Phi) is 34.5. The van der Waals surface area contributed by atoms with E-state index in [9.17, 15) is 0 Å². The molecule has 4 atom stereocenters. The van der Waals surface area contributed by atoms with Crippen molar-refractivity contribution in [3.05, 3.63) is 532 Å². The molecule has 20 aromatic rings. The Bertz CT molecular complexity index is 5840. The van der Waals surface area contributed by atoms with Crippen molar-refractivity contribution in [1.29, 1.82) is 0 Å². The molecule has 0 aliphatic carbocycles. The maximum absolute atomic E-state index is 6.15. The van der Waals surface area contributed by atoms with Gasteiger partial charge < -0.3 is 47.7 Å². The van der Waals surface area contributed by atoms with Crippen molar-refractivity contribution in [3.8, 4) is 22.3 Å². The van der Waals surface area contributed by atoms with Crippen LogP contribution in [0, 0.1) is 0 Å². The predicted octanol–water partition coefficient (Wildman–Crippen LogP) is 17.1. The van der Waals surface area contributed by atoms with Crippen molar-refractivity contribution < 1.29 is 63.8 Å². The molecule has 0 fully saturated rings. The molecular formula is C116H96Cl2N4P4Ru2+2. The smallest absolute Gasteiger partial charge is 1.00 e. The number of halogens is 2. The van der Waals surface area contributed by atoms with E-state index in [1.54, 1.807) is 0 Å². The van der Waals surface area contributed by atoms with Gasteiger partial charge in [-0.25, -0.2) is 0 Å². The Hall–Kier alpha value is -11.2. The molecule has 12 heteroatoms. The van der Waals surface area contributed by atoms with Gasteiger partial charge in [0.1, 0.15) is 0 Å². The summed E-state index contributed by atoms with van der Waals surface area (Å²) >= 11 is 0. The zero-order chi connectivity index (χ0) is 84.2. The molecular weight excluding hydrogens is 1850 g/mol. The van der Waals surface area contributed by atoms with Crippen molar-refractivity contribution in [2.75, 3.05) is 0 Å². The number of hydrogen-bond acceptors (Lipinski definition) is 4. The van der Waals surface area contributed by atoms with Crippen LogP contribution in [0.15, 0.2) is 510 Å². The van der Waals surface area contributed by atoms with Gasteiger partial charge >= 0.3 is 39.0 Å². The van der Waals surface area contributed by atoms with E-state index in [4.69, 9.17) is 22.9 Å². The van der Waals surface area contributed by atoms with E-state index in [1.807, 2.05) is 121 Å². The monoisotopic (exact) mass is 1940 g/mol. The largest absolute Gasteiger partial charge is 2.00 e. The first-order chi connectivity index (χ1) is 61.3. The first-order valence-corrected chi connectivity index (χ1v) is 47.6. The van der Waals surface area contributed by atoms with Crippen molar-refractivity contribution in [2.24, 2.45) is 22.9 Å². The van der Waals surface area contributed by atoms with E-state index >= 15 is 0 Å². The maximum atomic E-state index is 6.15. The average molecular weight is 1940 g/mol. The van der Waals surface area contributed by atoms with Crippen LogP contribution in [0.1, 0.15) is 46.4 Å². The second kappa shape index (κ2) is 46.7. The van der Waals surface area contributed by atoms with Crippen LogP contribution in [-0.2, 0) is 39.0 Å². The van der Waals surface area contributed by atoms with Gasteiger partial charge in [0.25, 0.3) is 0 Å². The summed E-state index contributed by atoms with van der Waals surface area (Å²) in [5.74, 6) is 0. The van der Waals surface area contributed by atoms with Crippen LogP contribution in [0.4, 0.5) is 0 Å². The molecule has 0 amide bonds. The molecule has 0 saturated carbocycles. The van der Waals surface area contributed by atoms with Gasteiger partial charge in [-0.05, 0) is 183 Å². The minimum absolute atomic E-state index is 0. The third-order valence-electron chi connectivity index (χ3n) is 22.7. The molecule has 0 bridgehead atoms. The Labute approximate surface area is 796 Å². The first-order valence-electron chi connectivity index (χ1n) is 42.2. The van der Waals surface area contributed by atoms with Crippen molar-refractivity contribution in [3.63, 3.8) is 0 Å². The standard InChI is InChI=1S/2C44H32P2.2C14H16N2.2ClH.2Ru/c2*1-5-19-35(20-6-1)45(36-21-7-2-8-22-36)41-31-29-33-17-13-15-27-39(33)43(41)44-40-28-16-14-18-34(40)30-32-42(44)46(37-23-9-3-10-24-37)38-25-11-4-12-26-38;2*15-13(11-7-3-1-4-8-11)14(16)12-9-5-2-6-10-12;;;;/h2*1-32H;2*1-10,13-14H,15-16H2;2*1H;;/q;;;;;;2*+2/p-2/t;;2*13-,14-;;;;/m..00..../s1. The van der Waals surface area contributed by atoms with E-state index in [0.717, 1.165) is 22.3 Å². The second-order valence-electron chi connectivity index (χ2n) is 30.5. The molecule has 8 N–H and O–H groups in total. The van der Waals surface area contributed by atoms with Crippen LogP contribution in [-0.4, -0.2) is 0 Å². The quantitative estimate of drug-likeness (QED) is 0.0451. The van der Waals surface area contributed by atoms with E-state index in [0.29, 0.717) is 0 Å². The van der Waals surface area contributed by atoms with Crippen LogP contribution in [0.2, 0.25) is 0 Å². The summed E-state index contributed by atoms with van der Waals surface area (Å²) in [5.41, 5.74) is 34.3. The van der Waals surface area contributed by atoms with Gasteiger partial charge in [-0.3, -0.25) is 0 Å². The normalized spacial score (nSPS) is 11.8. The molecule has 0 aromatic heterocycles. The van der Waals surface area contributed by atoms with Crippen molar-refractivity contribution >= 4 is 138 Å². The molecule has 20 aromatic carbocycles. The zero-order valence-corrected chi connectivity index (χ0v) is 78.9. The van der Waals surface area contributed by atoms with E-state index in [1.165, 1.54) is 129 Å². The SMILES string of the molecule is N[C@@H](c1ccccc1)[C@@H](N)c1ccccc1.N[C@@H](c1ccccc1)[C@@H](N)c1ccccc1.[Cl-].[Cl-].[Ru+2].[Ru+2].c1ccc(P(c2ccccc2)c2ccc3ccccc3c2-c2c(P(c3ccccc3)c3ccccc3)ccc3ccccc23)cc1.c1ccc(P(c2ccccc2)c2ccc3ccccc3c2-c2c(P(c3ccccc3)c3ccccc3)ccc3ccccc23)cc1. The minimum Gasteiger partial charge on any atom is -1.00 e. The predicted molar refractivity (Wildman–Crippen MR) is 542 cm³/mol.